The SMILES string of the molecule is C=C/C=C\c1c(C)c2c(n1C(=C)/C=C(\C)N(c1cccc(CC)c1)c1ccccccccc1C)=CC=C(N(C(=C/C)/C1=C/C=C=CC/C=C\1C=C)C(C)/C=C\C=C(C)C)CC=2. The van der Waals surface area contributed by atoms with Gasteiger partial charge in [0.1, 0.15) is 0 Å². The van der Waals surface area contributed by atoms with Crippen LogP contribution in [0.3, 0.4) is 0 Å². The van der Waals surface area contributed by atoms with Gasteiger partial charge in [-0.05, 0) is 150 Å². The van der Waals surface area contributed by atoms with E-state index in [1.165, 1.54) is 27.6 Å². The van der Waals surface area contributed by atoms with Gasteiger partial charge >= 0.3 is 0 Å². The van der Waals surface area contributed by atoms with Crippen molar-refractivity contribution in [3.63, 3.8) is 0 Å². The number of benzene rings is 1. The molecule has 0 bridgehead atoms. The molecule has 3 aromatic rings. The van der Waals surface area contributed by atoms with Crippen LogP contribution in [0.5, 0.6) is 0 Å². The summed E-state index contributed by atoms with van der Waals surface area (Å²) in [5.74, 6) is 0. The van der Waals surface area contributed by atoms with Crippen molar-refractivity contribution in [2.45, 2.75) is 80.7 Å². The van der Waals surface area contributed by atoms with E-state index >= 15 is 0 Å². The second kappa shape index (κ2) is 22.7. The van der Waals surface area contributed by atoms with Crippen molar-refractivity contribution in [1.82, 2.24) is 9.47 Å². The fourth-order valence-electron chi connectivity index (χ4n) is 8.00. The largest absolute Gasteiger partial charge is 0.338 e. The van der Waals surface area contributed by atoms with E-state index in [4.69, 9.17) is 6.58 Å². The fraction of sp³-hybridized carbons (Fsp3) is 0.203. The summed E-state index contributed by atoms with van der Waals surface area (Å²) >= 11 is 0. The van der Waals surface area contributed by atoms with E-state index < -0.39 is 0 Å². The van der Waals surface area contributed by atoms with Gasteiger partial charge in [0, 0.05) is 57.9 Å². The number of fused-ring (bicyclic) bond motifs is 1. The number of allylic oxidation sites excluding steroid dienone is 16. The summed E-state index contributed by atoms with van der Waals surface area (Å²) in [6.45, 7) is 30.4. The Balaban J connectivity index is 1.74. The number of hydrogen-bond donors (Lipinski definition) is 0. The van der Waals surface area contributed by atoms with Gasteiger partial charge in [-0.2, -0.15) is 0 Å². The highest BCUT2D eigenvalue weighted by molar-refractivity contribution is 5.74. The minimum atomic E-state index is 0.0430. The van der Waals surface area contributed by atoms with Crippen LogP contribution < -0.4 is 15.5 Å². The number of aryl methyl sites for hydroxylation is 2. The molecule has 0 spiro atoms. The van der Waals surface area contributed by atoms with Gasteiger partial charge in [-0.3, -0.25) is 0 Å². The molecule has 3 nitrogen and oxygen atoms in total. The van der Waals surface area contributed by atoms with Crippen LogP contribution in [0.25, 0.3) is 23.9 Å². The Morgan fingerprint density at radius 2 is 1.68 bits per heavy atom. The molecule has 1 unspecified atom stereocenters. The smallest absolute Gasteiger partial charge is 0.0534 e. The van der Waals surface area contributed by atoms with E-state index in [1.54, 1.807) is 0 Å². The van der Waals surface area contributed by atoms with Crippen LogP contribution in [0.4, 0.5) is 11.4 Å². The number of rotatable bonds is 15. The first-order chi connectivity index (χ1) is 30.0. The minimum absolute atomic E-state index is 0.0430. The van der Waals surface area contributed by atoms with E-state index in [1.807, 2.05) is 36.4 Å². The minimum Gasteiger partial charge on any atom is -0.338 e. The third-order valence-electron chi connectivity index (χ3n) is 11.1. The summed E-state index contributed by atoms with van der Waals surface area (Å²) in [5.41, 5.74) is 17.9. The summed E-state index contributed by atoms with van der Waals surface area (Å²) in [4.78, 5) is 4.82. The number of aromatic nitrogens is 1. The van der Waals surface area contributed by atoms with Crippen molar-refractivity contribution in [2.75, 3.05) is 4.90 Å². The Labute approximate surface area is 372 Å². The Hall–Kier alpha value is -6.80. The molecule has 2 aromatic carbocycles. The number of nitrogens with zero attached hydrogens (tertiary/aromatic N) is 3. The molecule has 0 saturated heterocycles. The first-order valence-electron chi connectivity index (χ1n) is 21.8. The average molecular weight is 816 g/mol. The summed E-state index contributed by atoms with van der Waals surface area (Å²) in [6.07, 6.45) is 36.9. The maximum Gasteiger partial charge on any atom is 0.0534 e. The zero-order valence-electron chi connectivity index (χ0n) is 38.3. The standard InChI is InChI=1S/C59H65N3/c1-12-16-36-58-49(11)54-40-38-52(60(46(8)31-27-29-44(5)6)56(15-4)55-35-25-22-21-24-33-51(55)14-3)39-41-59(54)62(58)48(10)42-47(9)61(53-34-28-32-50(13-2)43-53)57-37-26-20-18-17-19-23-30-45(57)7/h12,14-21,23,25-37,39-43,46H,1,3,10,13,24,38H2,2,4-9,11H3/b18-17?,19-17?,20-18?,23-19?,26-20?,30-23?,31-27-,36-16-,37-26?,45-30?,47-42+,51-33-,55-35+,56-15+,57-37?,57-45?. The Bertz CT molecular complexity index is 2680. The van der Waals surface area contributed by atoms with Crippen molar-refractivity contribution >= 4 is 35.3 Å². The van der Waals surface area contributed by atoms with Crippen LogP contribution in [0.1, 0.15) is 76.8 Å². The molecule has 1 aromatic heterocycles. The summed E-state index contributed by atoms with van der Waals surface area (Å²) in [5, 5.41) is 2.28. The zero-order chi connectivity index (χ0) is 44.6. The molecular formula is C59H65N3. The Morgan fingerprint density at radius 1 is 0.919 bits per heavy atom. The molecule has 2 aliphatic carbocycles. The maximum absolute atomic E-state index is 4.80. The van der Waals surface area contributed by atoms with Crippen LogP contribution in [-0.2, 0) is 6.42 Å². The van der Waals surface area contributed by atoms with Crippen LogP contribution in [0.2, 0.25) is 0 Å². The normalized spacial score (nSPS) is 16.1. The second-order valence-electron chi connectivity index (χ2n) is 15.8. The topological polar surface area (TPSA) is 11.4 Å². The Kier molecular flexibility index (Phi) is 16.9. The number of anilines is 2. The fourth-order valence-corrected chi connectivity index (χ4v) is 8.00. The summed E-state index contributed by atoms with van der Waals surface area (Å²) in [7, 11) is 0. The predicted octanol–water partition coefficient (Wildman–Crippen LogP) is 14.3. The molecule has 0 amide bonds. The molecule has 0 N–H and O–H groups in total. The molecule has 0 fully saturated rings. The van der Waals surface area contributed by atoms with Crippen molar-refractivity contribution in [3.8, 4) is 0 Å². The molecule has 3 heteroatoms. The lowest BCUT2D eigenvalue weighted by Crippen LogP contribution is -2.31. The van der Waals surface area contributed by atoms with Gasteiger partial charge in [0.25, 0.3) is 0 Å². The molecule has 1 atom stereocenters. The molecule has 1 heterocycles. The highest BCUT2D eigenvalue weighted by Gasteiger charge is 2.24. The van der Waals surface area contributed by atoms with Gasteiger partial charge in [-0.25, -0.2) is 0 Å². The van der Waals surface area contributed by atoms with Crippen molar-refractivity contribution in [1.29, 1.82) is 0 Å². The molecule has 5 rings (SSSR count). The molecule has 0 saturated carbocycles. The summed E-state index contributed by atoms with van der Waals surface area (Å²) < 4.78 is 2.30. The lowest BCUT2D eigenvalue weighted by atomic mass is 9.96. The van der Waals surface area contributed by atoms with Gasteiger partial charge in [0.05, 0.1) is 5.35 Å². The lowest BCUT2D eigenvalue weighted by Gasteiger charge is -2.35. The van der Waals surface area contributed by atoms with Crippen molar-refractivity contribution < 1.29 is 0 Å². The molecule has 0 radical (unpaired) electrons. The molecule has 0 aliphatic heterocycles. The summed E-state index contributed by atoms with van der Waals surface area (Å²) in [6, 6.07) is 25.7. The van der Waals surface area contributed by atoms with E-state index in [-0.39, 0.29) is 6.04 Å². The second-order valence-corrected chi connectivity index (χ2v) is 15.8. The molecule has 62 heavy (non-hydrogen) atoms. The highest BCUT2D eigenvalue weighted by Crippen LogP contribution is 2.34. The van der Waals surface area contributed by atoms with E-state index in [2.05, 4.69) is 222 Å². The third kappa shape index (κ3) is 11.3. The van der Waals surface area contributed by atoms with Crippen LogP contribution in [0, 0.1) is 13.8 Å². The highest BCUT2D eigenvalue weighted by atomic mass is 15.2. The van der Waals surface area contributed by atoms with Gasteiger partial charge in [0.15, 0.2) is 0 Å². The zero-order valence-corrected chi connectivity index (χ0v) is 38.3. The van der Waals surface area contributed by atoms with E-state index in [0.717, 1.165) is 75.5 Å². The van der Waals surface area contributed by atoms with Crippen molar-refractivity contribution in [2.24, 2.45) is 0 Å². The molecular weight excluding hydrogens is 751 g/mol. The Morgan fingerprint density at radius 3 is 2.39 bits per heavy atom. The van der Waals surface area contributed by atoms with E-state index in [9.17, 15) is 0 Å². The predicted molar refractivity (Wildman–Crippen MR) is 272 cm³/mol. The molecule has 316 valence electrons. The molecule has 2 aliphatic rings. The van der Waals surface area contributed by atoms with Gasteiger partial charge in [-0.1, -0.05) is 142 Å². The van der Waals surface area contributed by atoms with Crippen LogP contribution in [0.15, 0.2) is 211 Å². The van der Waals surface area contributed by atoms with Gasteiger partial charge < -0.3 is 14.4 Å². The van der Waals surface area contributed by atoms with Gasteiger partial charge in [-0.15, -0.1) is 5.73 Å². The van der Waals surface area contributed by atoms with E-state index in [0.29, 0.717) is 0 Å². The third-order valence-corrected chi connectivity index (χ3v) is 11.1. The maximum atomic E-state index is 4.80. The first kappa shape index (κ1) is 46.3. The van der Waals surface area contributed by atoms with Crippen LogP contribution in [-0.4, -0.2) is 15.5 Å². The number of hydrogen-bond acceptors (Lipinski definition) is 2. The van der Waals surface area contributed by atoms with Crippen LogP contribution >= 0.6 is 0 Å². The lowest BCUT2D eigenvalue weighted by molar-refractivity contribution is 0.384. The monoisotopic (exact) mass is 816 g/mol. The van der Waals surface area contributed by atoms with Crippen molar-refractivity contribution in [3.05, 3.63) is 244 Å². The average Bonchev–Trinajstić information content (AvgIpc) is 3.35. The van der Waals surface area contributed by atoms with Gasteiger partial charge in [0.2, 0.25) is 0 Å². The quantitative estimate of drug-likeness (QED) is 0.112. The first-order valence-corrected chi connectivity index (χ1v) is 21.8.